The summed E-state index contributed by atoms with van der Waals surface area (Å²) in [6, 6.07) is 9.76. The van der Waals surface area contributed by atoms with Gasteiger partial charge in [-0.25, -0.2) is 0 Å². The molecule has 0 amide bonds. The van der Waals surface area contributed by atoms with Crippen LogP contribution in [0.15, 0.2) is 35.2 Å². The quantitative estimate of drug-likeness (QED) is 0.605. The molecule has 0 N–H and O–H groups in total. The fourth-order valence-electron chi connectivity index (χ4n) is 1.83. The zero-order valence-corrected chi connectivity index (χ0v) is 12.9. The van der Waals surface area contributed by atoms with E-state index in [2.05, 4.69) is 0 Å². The molecule has 0 fully saturated rings. The van der Waals surface area contributed by atoms with Crippen LogP contribution in [0.5, 0.6) is 5.75 Å². The normalized spacial score (nSPS) is 10.5. The van der Waals surface area contributed by atoms with Gasteiger partial charge in [0.05, 0.1) is 12.9 Å². The number of aryl methyl sites for hydroxylation is 2. The summed E-state index contributed by atoms with van der Waals surface area (Å²) in [6.07, 6.45) is 0. The molecular weight excluding hydrogens is 276 g/mol. The standard InChI is InChI=1S/C15H16O2S2/c1-10-7-14(11(2)19-10)15(16)9-18-13-6-4-5-12(8-13)17-3/h4-8H,9H2,1-3H3. The van der Waals surface area contributed by atoms with E-state index >= 15 is 0 Å². The Balaban J connectivity index is 2.02. The van der Waals surface area contributed by atoms with Crippen molar-refractivity contribution >= 4 is 28.9 Å². The third-order valence-corrected chi connectivity index (χ3v) is 4.71. The van der Waals surface area contributed by atoms with Crippen molar-refractivity contribution in [3.63, 3.8) is 0 Å². The number of methoxy groups -OCH3 is 1. The van der Waals surface area contributed by atoms with Crippen molar-refractivity contribution in [2.24, 2.45) is 0 Å². The van der Waals surface area contributed by atoms with Crippen molar-refractivity contribution in [1.82, 2.24) is 0 Å². The smallest absolute Gasteiger partial charge is 0.174 e. The molecule has 2 aromatic rings. The van der Waals surface area contributed by atoms with E-state index in [0.717, 1.165) is 21.1 Å². The Bertz CT molecular complexity index is 588. The Kier molecular flexibility index (Phi) is 4.66. The third kappa shape index (κ3) is 3.61. The Hall–Kier alpha value is -1.26. The minimum Gasteiger partial charge on any atom is -0.497 e. The number of benzene rings is 1. The first-order valence-electron chi connectivity index (χ1n) is 5.97. The van der Waals surface area contributed by atoms with Crippen LogP contribution in [0.1, 0.15) is 20.1 Å². The molecule has 2 nitrogen and oxygen atoms in total. The molecule has 0 spiro atoms. The van der Waals surface area contributed by atoms with Gasteiger partial charge in [0.1, 0.15) is 5.75 Å². The summed E-state index contributed by atoms with van der Waals surface area (Å²) in [5, 5.41) is 0. The molecule has 19 heavy (non-hydrogen) atoms. The second-order valence-electron chi connectivity index (χ2n) is 4.22. The van der Waals surface area contributed by atoms with Gasteiger partial charge in [0.15, 0.2) is 5.78 Å². The van der Waals surface area contributed by atoms with E-state index in [4.69, 9.17) is 4.74 Å². The van der Waals surface area contributed by atoms with E-state index in [1.54, 1.807) is 30.2 Å². The number of ether oxygens (including phenoxy) is 1. The summed E-state index contributed by atoms with van der Waals surface area (Å²) in [5.41, 5.74) is 0.859. The molecule has 0 aliphatic rings. The number of hydrogen-bond donors (Lipinski definition) is 0. The number of hydrogen-bond acceptors (Lipinski definition) is 4. The number of carbonyl (C=O) groups excluding carboxylic acids is 1. The molecule has 4 heteroatoms. The predicted molar refractivity (Wildman–Crippen MR) is 81.8 cm³/mol. The number of carbonyl (C=O) groups is 1. The van der Waals surface area contributed by atoms with Gasteiger partial charge in [-0.15, -0.1) is 23.1 Å². The van der Waals surface area contributed by atoms with Crippen molar-refractivity contribution in [1.29, 1.82) is 0 Å². The summed E-state index contributed by atoms with van der Waals surface area (Å²) in [6.45, 7) is 4.03. The number of thiophene rings is 1. The maximum Gasteiger partial charge on any atom is 0.174 e. The largest absolute Gasteiger partial charge is 0.497 e. The second kappa shape index (κ2) is 6.26. The first kappa shape index (κ1) is 14.2. The van der Waals surface area contributed by atoms with Gasteiger partial charge >= 0.3 is 0 Å². The van der Waals surface area contributed by atoms with E-state index < -0.39 is 0 Å². The third-order valence-electron chi connectivity index (χ3n) is 2.75. The lowest BCUT2D eigenvalue weighted by Gasteiger charge is -2.04. The molecule has 0 unspecified atom stereocenters. The van der Waals surface area contributed by atoms with Gasteiger partial charge in [-0.05, 0) is 38.1 Å². The van der Waals surface area contributed by atoms with Crippen LogP contribution in [0, 0.1) is 13.8 Å². The molecule has 0 saturated carbocycles. The average Bonchev–Trinajstić information content (AvgIpc) is 2.75. The molecule has 1 aromatic heterocycles. The van der Waals surface area contributed by atoms with Crippen molar-refractivity contribution in [3.05, 3.63) is 45.6 Å². The van der Waals surface area contributed by atoms with E-state index in [0.29, 0.717) is 5.75 Å². The summed E-state index contributed by atoms with van der Waals surface area (Å²) in [7, 11) is 1.65. The van der Waals surface area contributed by atoms with Crippen LogP contribution in [0.4, 0.5) is 0 Å². The van der Waals surface area contributed by atoms with Crippen LogP contribution in [0.2, 0.25) is 0 Å². The van der Waals surface area contributed by atoms with E-state index in [1.807, 2.05) is 44.2 Å². The highest BCUT2D eigenvalue weighted by molar-refractivity contribution is 8.00. The lowest BCUT2D eigenvalue weighted by atomic mass is 10.2. The lowest BCUT2D eigenvalue weighted by Crippen LogP contribution is -2.02. The zero-order chi connectivity index (χ0) is 13.8. The summed E-state index contributed by atoms with van der Waals surface area (Å²) in [4.78, 5) is 15.5. The summed E-state index contributed by atoms with van der Waals surface area (Å²) >= 11 is 3.22. The molecule has 0 atom stereocenters. The predicted octanol–water partition coefficient (Wildman–Crippen LogP) is 4.35. The van der Waals surface area contributed by atoms with Crippen LogP contribution >= 0.6 is 23.1 Å². The van der Waals surface area contributed by atoms with Gasteiger partial charge in [0.25, 0.3) is 0 Å². The highest BCUT2D eigenvalue weighted by atomic mass is 32.2. The minimum atomic E-state index is 0.190. The number of ketones is 1. The van der Waals surface area contributed by atoms with Crippen molar-refractivity contribution < 1.29 is 9.53 Å². The Morgan fingerprint density at radius 1 is 1.32 bits per heavy atom. The van der Waals surface area contributed by atoms with Gasteiger partial charge in [0, 0.05) is 20.2 Å². The second-order valence-corrected chi connectivity index (χ2v) is 6.73. The summed E-state index contributed by atoms with van der Waals surface area (Å²) in [5.74, 6) is 1.47. The Morgan fingerprint density at radius 2 is 2.11 bits per heavy atom. The van der Waals surface area contributed by atoms with Crippen molar-refractivity contribution in [2.75, 3.05) is 12.9 Å². The molecule has 100 valence electrons. The maximum absolute atomic E-state index is 12.2. The van der Waals surface area contributed by atoms with Gasteiger partial charge in [-0.3, -0.25) is 4.79 Å². The molecule has 0 bridgehead atoms. The highest BCUT2D eigenvalue weighted by Gasteiger charge is 2.12. The highest BCUT2D eigenvalue weighted by Crippen LogP contribution is 2.26. The first-order valence-corrected chi connectivity index (χ1v) is 7.77. The molecule has 0 aliphatic carbocycles. The number of rotatable bonds is 5. The van der Waals surface area contributed by atoms with Gasteiger partial charge in [-0.1, -0.05) is 6.07 Å². The number of thioether (sulfide) groups is 1. The fraction of sp³-hybridized carbons (Fsp3) is 0.267. The fourth-order valence-corrected chi connectivity index (χ4v) is 3.60. The van der Waals surface area contributed by atoms with E-state index in [-0.39, 0.29) is 5.78 Å². The van der Waals surface area contributed by atoms with Gasteiger partial charge in [-0.2, -0.15) is 0 Å². The summed E-state index contributed by atoms with van der Waals surface area (Å²) < 4.78 is 5.17. The average molecular weight is 292 g/mol. The number of Topliss-reactive ketones (excluding diaryl/α,β-unsaturated/α-hetero) is 1. The zero-order valence-electron chi connectivity index (χ0n) is 11.2. The molecule has 0 aliphatic heterocycles. The molecule has 1 aromatic carbocycles. The molecule has 2 rings (SSSR count). The minimum absolute atomic E-state index is 0.190. The van der Waals surface area contributed by atoms with Crippen LogP contribution < -0.4 is 4.74 Å². The van der Waals surface area contributed by atoms with Gasteiger partial charge in [0.2, 0.25) is 0 Å². The lowest BCUT2D eigenvalue weighted by molar-refractivity contribution is 0.102. The molecule has 1 heterocycles. The van der Waals surface area contributed by atoms with Crippen LogP contribution in [0.3, 0.4) is 0 Å². The van der Waals surface area contributed by atoms with Crippen LogP contribution in [-0.2, 0) is 0 Å². The maximum atomic E-state index is 12.2. The topological polar surface area (TPSA) is 26.3 Å². The van der Waals surface area contributed by atoms with E-state index in [9.17, 15) is 4.79 Å². The van der Waals surface area contributed by atoms with E-state index in [1.165, 1.54) is 4.88 Å². The first-order chi connectivity index (χ1) is 9.10. The molecule has 0 saturated heterocycles. The monoisotopic (exact) mass is 292 g/mol. The van der Waals surface area contributed by atoms with Gasteiger partial charge < -0.3 is 4.74 Å². The SMILES string of the molecule is COc1cccc(SCC(=O)c2cc(C)sc2C)c1. The molecule has 0 radical (unpaired) electrons. The van der Waals surface area contributed by atoms with Crippen LogP contribution in [-0.4, -0.2) is 18.6 Å². The van der Waals surface area contributed by atoms with Crippen molar-refractivity contribution in [2.45, 2.75) is 18.7 Å². The Labute approximate surface area is 121 Å². The van der Waals surface area contributed by atoms with Crippen LogP contribution in [0.25, 0.3) is 0 Å². The Morgan fingerprint density at radius 3 is 2.74 bits per heavy atom. The van der Waals surface area contributed by atoms with Crippen molar-refractivity contribution in [3.8, 4) is 5.75 Å². The molecular formula is C15H16O2S2.